The SMILES string of the molecule is Nc1ncnc2n[nH]c(-c3ccc(Oc4ncccn4)cc3)c12. The third kappa shape index (κ3) is 2.42. The van der Waals surface area contributed by atoms with Crippen LogP contribution in [0, 0.1) is 0 Å². The molecule has 8 nitrogen and oxygen atoms in total. The summed E-state index contributed by atoms with van der Waals surface area (Å²) in [7, 11) is 0. The van der Waals surface area contributed by atoms with Gasteiger partial charge in [-0.3, -0.25) is 5.10 Å². The first-order chi connectivity index (χ1) is 11.3. The Labute approximate surface area is 130 Å². The normalized spacial score (nSPS) is 10.8. The van der Waals surface area contributed by atoms with Crippen molar-refractivity contribution < 1.29 is 4.74 Å². The summed E-state index contributed by atoms with van der Waals surface area (Å²) in [5, 5.41) is 7.78. The lowest BCUT2D eigenvalue weighted by Crippen LogP contribution is -1.93. The fourth-order valence-electron chi connectivity index (χ4n) is 2.22. The van der Waals surface area contributed by atoms with Crippen molar-refractivity contribution in [1.29, 1.82) is 0 Å². The molecule has 23 heavy (non-hydrogen) atoms. The van der Waals surface area contributed by atoms with E-state index in [1.54, 1.807) is 18.5 Å². The number of hydrogen-bond acceptors (Lipinski definition) is 7. The highest BCUT2D eigenvalue weighted by Crippen LogP contribution is 2.29. The molecule has 0 aliphatic heterocycles. The highest BCUT2D eigenvalue weighted by molar-refractivity contribution is 5.97. The lowest BCUT2D eigenvalue weighted by molar-refractivity contribution is 0.442. The second-order valence-corrected chi connectivity index (χ2v) is 4.71. The van der Waals surface area contributed by atoms with Gasteiger partial charge in [0.05, 0.1) is 11.1 Å². The van der Waals surface area contributed by atoms with Crippen molar-refractivity contribution in [2.45, 2.75) is 0 Å². The van der Waals surface area contributed by atoms with E-state index in [1.807, 2.05) is 24.3 Å². The molecule has 0 aliphatic carbocycles. The number of nitrogens with one attached hydrogen (secondary N) is 1. The van der Waals surface area contributed by atoms with Gasteiger partial charge >= 0.3 is 6.01 Å². The lowest BCUT2D eigenvalue weighted by Gasteiger charge is -2.04. The number of nitrogens with two attached hydrogens (primary N) is 1. The van der Waals surface area contributed by atoms with Crippen LogP contribution < -0.4 is 10.5 Å². The van der Waals surface area contributed by atoms with E-state index in [0.29, 0.717) is 28.6 Å². The van der Waals surface area contributed by atoms with Crippen molar-refractivity contribution in [1.82, 2.24) is 30.1 Å². The van der Waals surface area contributed by atoms with Gasteiger partial charge in [-0.2, -0.15) is 5.10 Å². The summed E-state index contributed by atoms with van der Waals surface area (Å²) in [5.74, 6) is 1.02. The van der Waals surface area contributed by atoms with Gasteiger partial charge < -0.3 is 10.5 Å². The summed E-state index contributed by atoms with van der Waals surface area (Å²) in [6.07, 6.45) is 4.63. The molecule has 4 aromatic rings. The van der Waals surface area contributed by atoms with E-state index in [1.165, 1.54) is 6.33 Å². The van der Waals surface area contributed by atoms with Gasteiger partial charge in [-0.15, -0.1) is 0 Å². The molecule has 0 aliphatic rings. The monoisotopic (exact) mass is 305 g/mol. The summed E-state index contributed by atoms with van der Waals surface area (Å²) in [6, 6.07) is 9.43. The summed E-state index contributed by atoms with van der Waals surface area (Å²) in [5.41, 5.74) is 8.11. The Bertz CT molecular complexity index is 951. The second-order valence-electron chi connectivity index (χ2n) is 4.71. The molecule has 112 valence electrons. The minimum atomic E-state index is 0.296. The highest BCUT2D eigenvalue weighted by Gasteiger charge is 2.12. The maximum Gasteiger partial charge on any atom is 0.321 e. The van der Waals surface area contributed by atoms with Gasteiger partial charge in [0.25, 0.3) is 0 Å². The van der Waals surface area contributed by atoms with Crippen molar-refractivity contribution in [3.8, 4) is 23.0 Å². The van der Waals surface area contributed by atoms with Crippen molar-refractivity contribution in [2.75, 3.05) is 5.73 Å². The molecule has 0 unspecified atom stereocenters. The number of aromatic nitrogens is 6. The van der Waals surface area contributed by atoms with Gasteiger partial charge in [-0.25, -0.2) is 19.9 Å². The molecule has 1 aromatic carbocycles. The zero-order valence-corrected chi connectivity index (χ0v) is 11.8. The molecule has 0 amide bonds. The fourth-order valence-corrected chi connectivity index (χ4v) is 2.22. The third-order valence-corrected chi connectivity index (χ3v) is 3.27. The number of fused-ring (bicyclic) bond motifs is 1. The van der Waals surface area contributed by atoms with Gasteiger partial charge in [-0.1, -0.05) is 0 Å². The number of rotatable bonds is 3. The van der Waals surface area contributed by atoms with Crippen LogP contribution in [0.15, 0.2) is 49.1 Å². The number of nitrogen functional groups attached to an aromatic ring is 1. The first kappa shape index (κ1) is 13.1. The van der Waals surface area contributed by atoms with E-state index in [2.05, 4.69) is 30.1 Å². The zero-order valence-electron chi connectivity index (χ0n) is 11.8. The minimum Gasteiger partial charge on any atom is -0.424 e. The Morgan fingerprint density at radius 2 is 1.74 bits per heavy atom. The quantitative estimate of drug-likeness (QED) is 0.596. The summed E-state index contributed by atoms with van der Waals surface area (Å²) in [4.78, 5) is 16.1. The first-order valence-corrected chi connectivity index (χ1v) is 6.81. The summed E-state index contributed by atoms with van der Waals surface area (Å²) < 4.78 is 5.56. The van der Waals surface area contributed by atoms with Crippen LogP contribution in [-0.2, 0) is 0 Å². The highest BCUT2D eigenvalue weighted by atomic mass is 16.5. The van der Waals surface area contributed by atoms with E-state index < -0.39 is 0 Å². The Morgan fingerprint density at radius 3 is 2.52 bits per heavy atom. The predicted molar refractivity (Wildman–Crippen MR) is 83.6 cm³/mol. The molecule has 3 aromatic heterocycles. The van der Waals surface area contributed by atoms with E-state index in [9.17, 15) is 0 Å². The second kappa shape index (κ2) is 5.34. The maximum absolute atomic E-state index is 5.92. The largest absolute Gasteiger partial charge is 0.424 e. The Kier molecular flexibility index (Phi) is 3.05. The van der Waals surface area contributed by atoms with Crippen molar-refractivity contribution in [3.63, 3.8) is 0 Å². The molecule has 3 heterocycles. The molecule has 0 saturated heterocycles. The van der Waals surface area contributed by atoms with Gasteiger partial charge in [0.15, 0.2) is 5.65 Å². The zero-order chi connectivity index (χ0) is 15.6. The van der Waals surface area contributed by atoms with Crippen LogP contribution in [-0.4, -0.2) is 30.1 Å². The molecule has 0 radical (unpaired) electrons. The predicted octanol–water partition coefficient (Wildman–Crippen LogP) is 2.18. The smallest absolute Gasteiger partial charge is 0.321 e. The van der Waals surface area contributed by atoms with E-state index in [4.69, 9.17) is 10.5 Å². The standard InChI is InChI=1S/C15H11N7O/c16-13-11-12(21-22-14(11)20-8-19-13)9-2-4-10(5-3-9)23-15-17-6-1-7-18-15/h1-8H,(H3,16,19,20,21,22). The van der Waals surface area contributed by atoms with Gasteiger partial charge in [0, 0.05) is 18.0 Å². The van der Waals surface area contributed by atoms with Crippen LogP contribution in [0.2, 0.25) is 0 Å². The van der Waals surface area contributed by atoms with Crippen LogP contribution in [0.25, 0.3) is 22.3 Å². The molecule has 8 heteroatoms. The number of hydrogen-bond donors (Lipinski definition) is 2. The van der Waals surface area contributed by atoms with Crippen LogP contribution in [0.3, 0.4) is 0 Å². The van der Waals surface area contributed by atoms with Crippen LogP contribution >= 0.6 is 0 Å². The molecular formula is C15H11N7O. The molecule has 0 fully saturated rings. The van der Waals surface area contributed by atoms with Crippen molar-refractivity contribution >= 4 is 16.9 Å². The average molecular weight is 305 g/mol. The van der Waals surface area contributed by atoms with E-state index >= 15 is 0 Å². The molecule has 0 saturated carbocycles. The number of aromatic amines is 1. The maximum atomic E-state index is 5.92. The number of benzene rings is 1. The van der Waals surface area contributed by atoms with Gasteiger partial charge in [0.1, 0.15) is 17.9 Å². The fraction of sp³-hybridized carbons (Fsp3) is 0. The number of H-pyrrole nitrogens is 1. The van der Waals surface area contributed by atoms with Crippen LogP contribution in [0.4, 0.5) is 5.82 Å². The third-order valence-electron chi connectivity index (χ3n) is 3.27. The molecule has 3 N–H and O–H groups in total. The summed E-state index contributed by atoms with van der Waals surface area (Å²) in [6.45, 7) is 0. The Balaban J connectivity index is 1.67. The van der Waals surface area contributed by atoms with Crippen LogP contribution in [0.1, 0.15) is 0 Å². The van der Waals surface area contributed by atoms with Crippen molar-refractivity contribution in [2.24, 2.45) is 0 Å². The first-order valence-electron chi connectivity index (χ1n) is 6.81. The van der Waals surface area contributed by atoms with E-state index in [0.717, 1.165) is 11.3 Å². The van der Waals surface area contributed by atoms with Gasteiger partial charge in [-0.05, 0) is 30.3 Å². The number of ether oxygens (including phenoxy) is 1. The Hall–Kier alpha value is -3.55. The van der Waals surface area contributed by atoms with Gasteiger partial charge in [0.2, 0.25) is 0 Å². The molecular weight excluding hydrogens is 294 g/mol. The Morgan fingerprint density at radius 1 is 0.957 bits per heavy atom. The molecule has 4 rings (SSSR count). The molecule has 0 atom stereocenters. The minimum absolute atomic E-state index is 0.296. The molecule has 0 bridgehead atoms. The molecule has 0 spiro atoms. The number of nitrogens with zero attached hydrogens (tertiary/aromatic N) is 5. The summed E-state index contributed by atoms with van der Waals surface area (Å²) >= 11 is 0. The number of anilines is 1. The average Bonchev–Trinajstić information content (AvgIpc) is 3.02. The van der Waals surface area contributed by atoms with Crippen molar-refractivity contribution in [3.05, 3.63) is 49.1 Å². The van der Waals surface area contributed by atoms with E-state index in [-0.39, 0.29) is 0 Å². The lowest BCUT2D eigenvalue weighted by atomic mass is 10.1. The van der Waals surface area contributed by atoms with Crippen LogP contribution in [0.5, 0.6) is 11.8 Å². The topological polar surface area (TPSA) is 115 Å².